The summed E-state index contributed by atoms with van der Waals surface area (Å²) in [6.45, 7) is 4.73. The second-order valence-corrected chi connectivity index (χ2v) is 7.89. The molecule has 0 aromatic heterocycles. The number of imide groups is 1. The summed E-state index contributed by atoms with van der Waals surface area (Å²) in [5.74, 6) is -0.0545. The van der Waals surface area contributed by atoms with Crippen LogP contribution in [-0.4, -0.2) is 47.5 Å². The van der Waals surface area contributed by atoms with Gasteiger partial charge in [-0.1, -0.05) is 67.6 Å². The van der Waals surface area contributed by atoms with Crippen LogP contribution in [0.2, 0.25) is 0 Å². The lowest BCUT2D eigenvalue weighted by atomic mass is 9.95. The number of cyclic esters (lactones) is 1. The number of nitrogens with zero attached hydrogens (tertiary/aromatic N) is 2. The number of ether oxygens (including phenoxy) is 1. The highest BCUT2D eigenvalue weighted by Crippen LogP contribution is 2.29. The topological polar surface area (TPSA) is 49.9 Å². The van der Waals surface area contributed by atoms with Gasteiger partial charge in [-0.25, -0.2) is 9.69 Å². The summed E-state index contributed by atoms with van der Waals surface area (Å²) < 4.78 is 5.24. The Balaban J connectivity index is 1.44. The SMILES string of the molecule is C[C@H]1CN(Cc2ccccc2)C[C@@H]1C(=O)N1C(=O)OCC1Cc1ccccc1. The van der Waals surface area contributed by atoms with Crippen LogP contribution in [0.3, 0.4) is 0 Å². The Hall–Kier alpha value is -2.66. The molecule has 2 aromatic rings. The second-order valence-electron chi connectivity index (χ2n) is 7.89. The molecule has 146 valence electrons. The van der Waals surface area contributed by atoms with Crippen molar-refractivity contribution in [1.29, 1.82) is 0 Å². The van der Waals surface area contributed by atoms with E-state index in [0.29, 0.717) is 13.0 Å². The van der Waals surface area contributed by atoms with E-state index in [2.05, 4.69) is 24.0 Å². The highest BCUT2D eigenvalue weighted by Gasteiger charge is 2.44. The molecule has 5 heteroatoms. The van der Waals surface area contributed by atoms with Gasteiger partial charge >= 0.3 is 6.09 Å². The molecule has 3 atom stereocenters. The number of hydrogen-bond acceptors (Lipinski definition) is 4. The lowest BCUT2D eigenvalue weighted by Gasteiger charge is -2.24. The minimum Gasteiger partial charge on any atom is -0.447 e. The Kier molecular flexibility index (Phi) is 5.44. The normalized spacial score (nSPS) is 25.1. The van der Waals surface area contributed by atoms with E-state index in [0.717, 1.165) is 18.7 Å². The number of likely N-dealkylation sites (tertiary alicyclic amines) is 1. The first-order chi connectivity index (χ1) is 13.6. The molecule has 0 aliphatic carbocycles. The van der Waals surface area contributed by atoms with E-state index < -0.39 is 6.09 Å². The fourth-order valence-corrected chi connectivity index (χ4v) is 4.30. The van der Waals surface area contributed by atoms with E-state index >= 15 is 0 Å². The van der Waals surface area contributed by atoms with Crippen molar-refractivity contribution in [2.45, 2.75) is 25.9 Å². The Morgan fingerprint density at radius 2 is 1.64 bits per heavy atom. The number of amides is 2. The van der Waals surface area contributed by atoms with Crippen molar-refractivity contribution in [3.05, 3.63) is 71.8 Å². The van der Waals surface area contributed by atoms with Gasteiger partial charge in [0.15, 0.2) is 0 Å². The minimum absolute atomic E-state index is 0.0912. The molecule has 0 saturated carbocycles. The van der Waals surface area contributed by atoms with Crippen molar-refractivity contribution in [2.24, 2.45) is 11.8 Å². The molecule has 2 fully saturated rings. The Labute approximate surface area is 165 Å². The zero-order chi connectivity index (χ0) is 19.5. The van der Waals surface area contributed by atoms with Crippen LogP contribution in [0.5, 0.6) is 0 Å². The van der Waals surface area contributed by atoms with Gasteiger partial charge in [-0.15, -0.1) is 0 Å². The number of benzene rings is 2. The van der Waals surface area contributed by atoms with Crippen molar-refractivity contribution >= 4 is 12.0 Å². The predicted octanol–water partition coefficient (Wildman–Crippen LogP) is 3.34. The molecule has 5 nitrogen and oxygen atoms in total. The third-order valence-electron chi connectivity index (χ3n) is 5.77. The standard InChI is InChI=1S/C23H26N2O3/c1-17-13-24(14-19-10-6-3-7-11-19)15-21(17)22(26)25-20(16-28-23(25)27)12-18-8-4-2-5-9-18/h2-11,17,20-21H,12-16H2,1H3/t17-,20?,21-/m0/s1. The molecule has 2 saturated heterocycles. The zero-order valence-electron chi connectivity index (χ0n) is 16.2. The first kappa shape index (κ1) is 18.7. The van der Waals surface area contributed by atoms with Crippen LogP contribution in [0, 0.1) is 11.8 Å². The lowest BCUT2D eigenvalue weighted by Crippen LogP contribution is -2.45. The molecular formula is C23H26N2O3. The molecule has 0 radical (unpaired) electrons. The number of rotatable bonds is 5. The molecule has 2 aliphatic heterocycles. The largest absolute Gasteiger partial charge is 0.447 e. The maximum atomic E-state index is 13.3. The van der Waals surface area contributed by atoms with Gasteiger partial charge < -0.3 is 4.74 Å². The third-order valence-corrected chi connectivity index (χ3v) is 5.77. The monoisotopic (exact) mass is 378 g/mol. The summed E-state index contributed by atoms with van der Waals surface area (Å²) in [4.78, 5) is 29.3. The zero-order valence-corrected chi connectivity index (χ0v) is 16.2. The molecule has 4 rings (SSSR count). The van der Waals surface area contributed by atoms with Crippen LogP contribution < -0.4 is 0 Å². The number of hydrogen-bond donors (Lipinski definition) is 0. The van der Waals surface area contributed by atoms with Gasteiger partial charge in [0.1, 0.15) is 6.61 Å². The van der Waals surface area contributed by atoms with Gasteiger partial charge in [-0.05, 0) is 23.5 Å². The van der Waals surface area contributed by atoms with Gasteiger partial charge in [0.25, 0.3) is 0 Å². The van der Waals surface area contributed by atoms with Gasteiger partial charge in [0.2, 0.25) is 5.91 Å². The van der Waals surface area contributed by atoms with Gasteiger partial charge in [0, 0.05) is 19.6 Å². The molecular weight excluding hydrogens is 352 g/mol. The summed E-state index contributed by atoms with van der Waals surface area (Å²) in [5, 5.41) is 0. The number of carbonyl (C=O) groups is 2. The fourth-order valence-electron chi connectivity index (χ4n) is 4.30. The molecule has 2 aliphatic rings. The molecule has 0 bridgehead atoms. The summed E-state index contributed by atoms with van der Waals surface area (Å²) in [6.07, 6.45) is 0.132. The summed E-state index contributed by atoms with van der Waals surface area (Å²) in [5.41, 5.74) is 2.35. The highest BCUT2D eigenvalue weighted by molar-refractivity contribution is 5.95. The Morgan fingerprint density at radius 3 is 2.32 bits per heavy atom. The van der Waals surface area contributed by atoms with Gasteiger partial charge in [-0.3, -0.25) is 9.69 Å². The first-order valence-electron chi connectivity index (χ1n) is 9.92. The van der Waals surface area contributed by atoms with Crippen LogP contribution in [0.15, 0.2) is 60.7 Å². The van der Waals surface area contributed by atoms with Crippen LogP contribution >= 0.6 is 0 Å². The number of carbonyl (C=O) groups excluding carboxylic acids is 2. The fraction of sp³-hybridized carbons (Fsp3) is 0.391. The summed E-state index contributed by atoms with van der Waals surface area (Å²) in [7, 11) is 0. The molecule has 1 unspecified atom stereocenters. The average Bonchev–Trinajstić information content (AvgIpc) is 3.25. The summed E-state index contributed by atoms with van der Waals surface area (Å²) in [6, 6.07) is 20.0. The Bertz CT molecular complexity index is 824. The van der Waals surface area contributed by atoms with Crippen molar-refractivity contribution in [1.82, 2.24) is 9.80 Å². The van der Waals surface area contributed by atoms with Crippen LogP contribution in [0.25, 0.3) is 0 Å². The predicted molar refractivity (Wildman–Crippen MR) is 107 cm³/mol. The van der Waals surface area contributed by atoms with E-state index in [9.17, 15) is 9.59 Å². The van der Waals surface area contributed by atoms with Gasteiger partial charge in [0.05, 0.1) is 12.0 Å². The van der Waals surface area contributed by atoms with E-state index in [1.54, 1.807) is 0 Å². The molecule has 28 heavy (non-hydrogen) atoms. The van der Waals surface area contributed by atoms with E-state index in [-0.39, 0.29) is 30.4 Å². The van der Waals surface area contributed by atoms with E-state index in [1.165, 1.54) is 10.5 Å². The van der Waals surface area contributed by atoms with Crippen LogP contribution in [0.4, 0.5) is 4.79 Å². The lowest BCUT2D eigenvalue weighted by molar-refractivity contribution is -0.134. The maximum absolute atomic E-state index is 13.3. The van der Waals surface area contributed by atoms with Gasteiger partial charge in [-0.2, -0.15) is 0 Å². The van der Waals surface area contributed by atoms with Crippen LogP contribution in [-0.2, 0) is 22.5 Å². The highest BCUT2D eigenvalue weighted by atomic mass is 16.6. The molecule has 0 spiro atoms. The molecule has 0 N–H and O–H groups in total. The van der Waals surface area contributed by atoms with Crippen molar-refractivity contribution < 1.29 is 14.3 Å². The summed E-state index contributed by atoms with van der Waals surface area (Å²) >= 11 is 0. The van der Waals surface area contributed by atoms with Crippen molar-refractivity contribution in [3.63, 3.8) is 0 Å². The van der Waals surface area contributed by atoms with E-state index in [4.69, 9.17) is 4.74 Å². The maximum Gasteiger partial charge on any atom is 0.416 e. The van der Waals surface area contributed by atoms with Crippen LogP contribution in [0.1, 0.15) is 18.1 Å². The third kappa shape index (κ3) is 3.94. The van der Waals surface area contributed by atoms with Crippen molar-refractivity contribution in [3.8, 4) is 0 Å². The first-order valence-corrected chi connectivity index (χ1v) is 9.92. The van der Waals surface area contributed by atoms with E-state index in [1.807, 2.05) is 48.5 Å². The molecule has 2 heterocycles. The molecule has 2 amide bonds. The average molecular weight is 378 g/mol. The quantitative estimate of drug-likeness (QED) is 0.801. The molecule has 2 aromatic carbocycles. The minimum atomic E-state index is -0.500. The Morgan fingerprint density at radius 1 is 1.00 bits per heavy atom. The second kappa shape index (κ2) is 8.15. The van der Waals surface area contributed by atoms with Crippen molar-refractivity contribution in [2.75, 3.05) is 19.7 Å². The smallest absolute Gasteiger partial charge is 0.416 e.